The van der Waals surface area contributed by atoms with Crippen LogP contribution in [0.5, 0.6) is 5.75 Å². The number of hydrogen-bond donors (Lipinski definition) is 2. The summed E-state index contributed by atoms with van der Waals surface area (Å²) in [6.45, 7) is 2.08. The predicted octanol–water partition coefficient (Wildman–Crippen LogP) is 4.21. The van der Waals surface area contributed by atoms with E-state index in [0.29, 0.717) is 18.5 Å². The van der Waals surface area contributed by atoms with Crippen LogP contribution in [0.15, 0.2) is 24.3 Å². The summed E-state index contributed by atoms with van der Waals surface area (Å²) < 4.78 is 42.3. The Hall–Kier alpha value is -3.19. The molecule has 3 N–H and O–H groups in total. The van der Waals surface area contributed by atoms with E-state index in [9.17, 15) is 23.3 Å². The van der Waals surface area contributed by atoms with Crippen molar-refractivity contribution in [1.82, 2.24) is 19.8 Å². The molecule has 0 unspecified atom stereocenters. The van der Waals surface area contributed by atoms with E-state index in [1.807, 2.05) is 0 Å². The van der Waals surface area contributed by atoms with Crippen molar-refractivity contribution < 1.29 is 22.8 Å². The number of benzene rings is 1. The van der Waals surface area contributed by atoms with E-state index in [4.69, 9.17) is 5.73 Å². The van der Waals surface area contributed by atoms with E-state index in [-0.39, 0.29) is 46.9 Å². The number of alkyl halides is 3. The molecular weight excluding hydrogens is 503 g/mol. The van der Waals surface area contributed by atoms with Crippen LogP contribution >= 0.6 is 0 Å². The van der Waals surface area contributed by atoms with E-state index in [1.54, 1.807) is 6.07 Å². The molecule has 0 radical (unpaired) electrons. The van der Waals surface area contributed by atoms with Gasteiger partial charge in [0.15, 0.2) is 0 Å². The third-order valence-corrected chi connectivity index (χ3v) is 7.54. The molecule has 1 aromatic carbocycles. The smallest absolute Gasteiger partial charge is 0.405 e. The van der Waals surface area contributed by atoms with Gasteiger partial charge in [0.05, 0.1) is 4.92 Å². The summed E-state index contributed by atoms with van der Waals surface area (Å²) >= 11 is 0. The van der Waals surface area contributed by atoms with Gasteiger partial charge in [-0.05, 0) is 64.6 Å². The lowest BCUT2D eigenvalue weighted by molar-refractivity contribution is -0.385. The Bertz CT molecular complexity index is 1120. The van der Waals surface area contributed by atoms with Crippen molar-refractivity contribution in [3.05, 3.63) is 45.6 Å². The molecule has 1 saturated carbocycles. The molecule has 2 aliphatic rings. The second kappa shape index (κ2) is 11.7. The summed E-state index contributed by atoms with van der Waals surface area (Å²) in [4.78, 5) is 24.4. The molecule has 1 aromatic heterocycles. The zero-order valence-corrected chi connectivity index (χ0v) is 21.6. The van der Waals surface area contributed by atoms with Crippen LogP contribution in [0.2, 0.25) is 0 Å². The van der Waals surface area contributed by atoms with Crippen molar-refractivity contribution >= 4 is 17.5 Å². The Morgan fingerprint density at radius 3 is 2.53 bits per heavy atom. The standard InChI is InChI=1S/C25H34F3N7O3/c1-33(2)19-11-12-34(15-19)18-9-7-16(8-10-18)13-20-22(35(36)37)23(29)32-24(31-20)30-14-17-5-3-4-6-21(17)38-25(26,27)28/h3-6,16,18-19H,7-15H2,1-2H3,(H3,29,30,31,32)/t16?,18?,19-/m1/s1. The Labute approximate surface area is 219 Å². The molecule has 208 valence electrons. The first-order valence-corrected chi connectivity index (χ1v) is 12.8. The Morgan fingerprint density at radius 1 is 1.18 bits per heavy atom. The molecule has 1 atom stereocenters. The molecule has 0 spiro atoms. The van der Waals surface area contributed by atoms with Gasteiger partial charge >= 0.3 is 12.0 Å². The van der Waals surface area contributed by atoms with Crippen LogP contribution in [-0.4, -0.2) is 70.3 Å². The van der Waals surface area contributed by atoms with Gasteiger partial charge in [0, 0.05) is 37.3 Å². The maximum absolute atomic E-state index is 12.7. The Morgan fingerprint density at radius 2 is 1.89 bits per heavy atom. The van der Waals surface area contributed by atoms with Gasteiger partial charge < -0.3 is 20.7 Å². The minimum absolute atomic E-state index is 0.0189. The van der Waals surface area contributed by atoms with Gasteiger partial charge in [-0.2, -0.15) is 4.98 Å². The summed E-state index contributed by atoms with van der Waals surface area (Å²) in [5.41, 5.74) is 6.09. The Kier molecular flexibility index (Phi) is 8.56. The number of nitrogens with zero attached hydrogens (tertiary/aromatic N) is 5. The summed E-state index contributed by atoms with van der Waals surface area (Å²) in [6, 6.07) is 6.80. The molecule has 4 rings (SSSR count). The van der Waals surface area contributed by atoms with Gasteiger partial charge in [-0.1, -0.05) is 18.2 Å². The lowest BCUT2D eigenvalue weighted by Gasteiger charge is -2.35. The average molecular weight is 538 g/mol. The highest BCUT2D eigenvalue weighted by Crippen LogP contribution is 2.35. The number of hydrogen-bond acceptors (Lipinski definition) is 9. The number of aromatic nitrogens is 2. The van der Waals surface area contributed by atoms with Crippen molar-refractivity contribution in [3.8, 4) is 5.75 Å². The van der Waals surface area contributed by atoms with Crippen LogP contribution in [0.25, 0.3) is 0 Å². The van der Waals surface area contributed by atoms with E-state index in [2.05, 4.69) is 43.9 Å². The zero-order chi connectivity index (χ0) is 27.4. The predicted molar refractivity (Wildman–Crippen MR) is 137 cm³/mol. The number of rotatable bonds is 9. The third-order valence-electron chi connectivity index (χ3n) is 7.54. The maximum Gasteiger partial charge on any atom is 0.573 e. The quantitative estimate of drug-likeness (QED) is 0.358. The zero-order valence-electron chi connectivity index (χ0n) is 21.6. The second-order valence-corrected chi connectivity index (χ2v) is 10.3. The molecule has 2 fully saturated rings. The topological polar surface area (TPSA) is 123 Å². The van der Waals surface area contributed by atoms with Gasteiger partial charge in [-0.3, -0.25) is 15.0 Å². The van der Waals surface area contributed by atoms with Crippen molar-refractivity contribution in [1.29, 1.82) is 0 Å². The van der Waals surface area contributed by atoms with Gasteiger partial charge in [-0.15, -0.1) is 13.2 Å². The average Bonchev–Trinajstić information content (AvgIpc) is 3.33. The number of ether oxygens (including phenoxy) is 1. The van der Waals surface area contributed by atoms with E-state index in [1.165, 1.54) is 24.6 Å². The first kappa shape index (κ1) is 27.8. The van der Waals surface area contributed by atoms with Crippen LogP contribution < -0.4 is 15.8 Å². The van der Waals surface area contributed by atoms with Gasteiger partial charge in [0.25, 0.3) is 0 Å². The molecule has 1 saturated heterocycles. The number of halogens is 3. The van der Waals surface area contributed by atoms with Crippen molar-refractivity contribution in [3.63, 3.8) is 0 Å². The SMILES string of the molecule is CN(C)[C@@H]1CCN(C2CCC(Cc3nc(NCc4ccccc4OC(F)(F)F)nc(N)c3[N+](=O)[O-])CC2)C1. The first-order valence-electron chi connectivity index (χ1n) is 12.8. The molecule has 2 heterocycles. The normalized spacial score (nSPS) is 22.5. The first-order chi connectivity index (χ1) is 18.0. The van der Waals surface area contributed by atoms with Crippen LogP contribution in [0.3, 0.4) is 0 Å². The number of nitro groups is 1. The summed E-state index contributed by atoms with van der Waals surface area (Å²) in [6.07, 6.45) is 0.639. The lowest BCUT2D eigenvalue weighted by Crippen LogP contribution is -2.39. The fourth-order valence-electron chi connectivity index (χ4n) is 5.50. The molecule has 38 heavy (non-hydrogen) atoms. The van der Waals surface area contributed by atoms with Crippen molar-refractivity contribution in [2.24, 2.45) is 5.92 Å². The number of para-hydroxylation sites is 1. The van der Waals surface area contributed by atoms with Crippen LogP contribution in [-0.2, 0) is 13.0 Å². The molecular formula is C25H34F3N7O3. The summed E-state index contributed by atoms with van der Waals surface area (Å²) in [5, 5.41) is 14.6. The number of likely N-dealkylation sites (N-methyl/N-ethyl adjacent to an activating group) is 1. The second-order valence-electron chi connectivity index (χ2n) is 10.3. The highest BCUT2D eigenvalue weighted by Gasteiger charge is 2.34. The molecule has 2 aromatic rings. The van der Waals surface area contributed by atoms with Crippen LogP contribution in [0.1, 0.15) is 43.4 Å². The van der Waals surface area contributed by atoms with Gasteiger partial charge in [0.1, 0.15) is 11.4 Å². The molecule has 1 aliphatic carbocycles. The number of nitrogen functional groups attached to an aromatic ring is 1. The van der Waals surface area contributed by atoms with Gasteiger partial charge in [0.2, 0.25) is 11.8 Å². The number of anilines is 2. The lowest BCUT2D eigenvalue weighted by atomic mass is 9.82. The molecule has 10 nitrogen and oxygen atoms in total. The van der Waals surface area contributed by atoms with Crippen LogP contribution in [0, 0.1) is 16.0 Å². The van der Waals surface area contributed by atoms with Crippen molar-refractivity contribution in [2.45, 2.75) is 63.5 Å². The minimum atomic E-state index is -4.83. The molecule has 0 amide bonds. The third kappa shape index (κ3) is 7.01. The number of nitrogens with one attached hydrogen (secondary N) is 1. The fourth-order valence-corrected chi connectivity index (χ4v) is 5.50. The molecule has 0 bridgehead atoms. The highest BCUT2D eigenvalue weighted by atomic mass is 19.4. The van der Waals surface area contributed by atoms with Crippen molar-refractivity contribution in [2.75, 3.05) is 38.2 Å². The van der Waals surface area contributed by atoms with E-state index in [0.717, 1.165) is 38.8 Å². The molecule has 13 heteroatoms. The van der Waals surface area contributed by atoms with E-state index < -0.39 is 11.3 Å². The Balaban J connectivity index is 1.42. The number of likely N-dealkylation sites (tertiary alicyclic amines) is 1. The van der Waals surface area contributed by atoms with E-state index >= 15 is 0 Å². The summed E-state index contributed by atoms with van der Waals surface area (Å²) in [7, 11) is 4.23. The monoisotopic (exact) mass is 537 g/mol. The molecule has 1 aliphatic heterocycles. The minimum Gasteiger partial charge on any atom is -0.405 e. The summed E-state index contributed by atoms with van der Waals surface area (Å²) in [5.74, 6) is -0.386. The van der Waals surface area contributed by atoms with Gasteiger partial charge in [-0.25, -0.2) is 4.98 Å². The number of nitrogens with two attached hydrogens (primary N) is 1. The maximum atomic E-state index is 12.7. The highest BCUT2D eigenvalue weighted by molar-refractivity contribution is 5.58. The van der Waals surface area contributed by atoms with Crippen LogP contribution in [0.4, 0.5) is 30.6 Å². The largest absolute Gasteiger partial charge is 0.573 e. The fraction of sp³-hybridized carbons (Fsp3) is 0.600.